The minimum Gasteiger partial charge on any atom is -0.441 e. The molecular weight excluding hydrogens is 344 g/mol. The van der Waals surface area contributed by atoms with Gasteiger partial charge in [0, 0.05) is 37.7 Å². The van der Waals surface area contributed by atoms with E-state index in [0.29, 0.717) is 50.7 Å². The third-order valence-corrected chi connectivity index (χ3v) is 4.65. The van der Waals surface area contributed by atoms with Gasteiger partial charge in [-0.15, -0.1) is 0 Å². The molecule has 26 heavy (non-hydrogen) atoms. The number of oxazole rings is 1. The van der Waals surface area contributed by atoms with E-state index < -0.39 is 11.6 Å². The molecule has 138 valence electrons. The summed E-state index contributed by atoms with van der Waals surface area (Å²) in [5.41, 5.74) is 0.898. The first-order valence-electron chi connectivity index (χ1n) is 8.61. The van der Waals surface area contributed by atoms with Crippen molar-refractivity contribution in [2.75, 3.05) is 39.4 Å². The molecule has 1 fully saturated rings. The summed E-state index contributed by atoms with van der Waals surface area (Å²) in [7, 11) is 0. The molecule has 2 aliphatic heterocycles. The highest BCUT2D eigenvalue weighted by molar-refractivity contribution is 5.78. The smallest absolute Gasteiger partial charge is 0.237 e. The number of ether oxygens (including phenoxy) is 1. The lowest BCUT2D eigenvalue weighted by atomic mass is 10.1. The zero-order chi connectivity index (χ0) is 18.1. The van der Waals surface area contributed by atoms with Crippen LogP contribution < -0.4 is 0 Å². The predicted molar refractivity (Wildman–Crippen MR) is 88.2 cm³/mol. The van der Waals surface area contributed by atoms with Crippen LogP contribution in [0.3, 0.4) is 0 Å². The molecule has 0 saturated carbocycles. The Labute approximate surface area is 149 Å². The molecule has 0 spiro atoms. The normalized spacial score (nSPS) is 18.0. The lowest BCUT2D eigenvalue weighted by Gasteiger charge is -2.30. The SMILES string of the molecule is O=C(CN1CCOCC1)N1CCc2oc(-c3cc(F)cc(F)c3)nc2C1. The van der Waals surface area contributed by atoms with Crippen LogP contribution >= 0.6 is 0 Å². The average molecular weight is 363 g/mol. The van der Waals surface area contributed by atoms with Gasteiger partial charge >= 0.3 is 0 Å². The topological polar surface area (TPSA) is 58.8 Å². The van der Waals surface area contributed by atoms with Crippen LogP contribution in [0.2, 0.25) is 0 Å². The molecule has 1 saturated heterocycles. The van der Waals surface area contributed by atoms with E-state index in [9.17, 15) is 13.6 Å². The summed E-state index contributed by atoms with van der Waals surface area (Å²) in [4.78, 5) is 20.7. The molecule has 3 heterocycles. The summed E-state index contributed by atoms with van der Waals surface area (Å²) in [6, 6.07) is 3.17. The van der Waals surface area contributed by atoms with Gasteiger partial charge in [0.05, 0.1) is 26.3 Å². The van der Waals surface area contributed by atoms with Gasteiger partial charge in [-0.3, -0.25) is 9.69 Å². The highest BCUT2D eigenvalue weighted by atomic mass is 19.1. The summed E-state index contributed by atoms with van der Waals surface area (Å²) in [6.45, 7) is 4.05. The molecule has 2 aromatic rings. The fourth-order valence-corrected chi connectivity index (χ4v) is 3.26. The van der Waals surface area contributed by atoms with Gasteiger partial charge < -0.3 is 14.1 Å². The molecule has 0 radical (unpaired) electrons. The Balaban J connectivity index is 1.47. The van der Waals surface area contributed by atoms with Gasteiger partial charge in [-0.2, -0.15) is 0 Å². The maximum atomic E-state index is 13.4. The average Bonchev–Trinajstić information content (AvgIpc) is 3.05. The van der Waals surface area contributed by atoms with E-state index in [4.69, 9.17) is 9.15 Å². The van der Waals surface area contributed by atoms with Crippen molar-refractivity contribution >= 4 is 5.91 Å². The van der Waals surface area contributed by atoms with Crippen molar-refractivity contribution in [2.24, 2.45) is 0 Å². The maximum absolute atomic E-state index is 13.4. The lowest BCUT2D eigenvalue weighted by molar-refractivity contribution is -0.134. The second-order valence-corrected chi connectivity index (χ2v) is 6.50. The van der Waals surface area contributed by atoms with Crippen LogP contribution in [-0.4, -0.2) is 60.1 Å². The number of carbonyl (C=O) groups is 1. The zero-order valence-electron chi connectivity index (χ0n) is 14.2. The number of nitrogens with zero attached hydrogens (tertiary/aromatic N) is 3. The largest absolute Gasteiger partial charge is 0.441 e. The summed E-state index contributed by atoms with van der Waals surface area (Å²) < 4.78 is 37.8. The van der Waals surface area contributed by atoms with Crippen LogP contribution in [-0.2, 0) is 22.5 Å². The summed E-state index contributed by atoms with van der Waals surface area (Å²) in [6.07, 6.45) is 0.537. The van der Waals surface area contributed by atoms with E-state index >= 15 is 0 Å². The van der Waals surface area contributed by atoms with Crippen molar-refractivity contribution in [2.45, 2.75) is 13.0 Å². The van der Waals surface area contributed by atoms with Crippen LogP contribution in [0.15, 0.2) is 22.6 Å². The molecule has 6 nitrogen and oxygen atoms in total. The van der Waals surface area contributed by atoms with Crippen molar-refractivity contribution in [3.05, 3.63) is 41.3 Å². The number of halogens is 2. The second-order valence-electron chi connectivity index (χ2n) is 6.50. The highest BCUT2D eigenvalue weighted by Gasteiger charge is 2.27. The van der Waals surface area contributed by atoms with Crippen molar-refractivity contribution in [3.8, 4) is 11.5 Å². The Morgan fingerprint density at radius 3 is 2.58 bits per heavy atom. The molecule has 0 unspecified atom stereocenters. The number of rotatable bonds is 3. The number of benzene rings is 1. The zero-order valence-corrected chi connectivity index (χ0v) is 14.2. The number of hydrogen-bond donors (Lipinski definition) is 0. The molecule has 1 amide bonds. The van der Waals surface area contributed by atoms with Crippen LogP contribution in [0.25, 0.3) is 11.5 Å². The van der Waals surface area contributed by atoms with Crippen molar-refractivity contribution < 1.29 is 22.7 Å². The molecule has 1 aromatic carbocycles. The minimum absolute atomic E-state index is 0.0406. The van der Waals surface area contributed by atoms with Gasteiger partial charge in [0.2, 0.25) is 11.8 Å². The summed E-state index contributed by atoms with van der Waals surface area (Å²) in [5, 5.41) is 0. The van der Waals surface area contributed by atoms with Crippen molar-refractivity contribution in [1.82, 2.24) is 14.8 Å². The Morgan fingerprint density at radius 1 is 1.12 bits per heavy atom. The number of amides is 1. The lowest BCUT2D eigenvalue weighted by Crippen LogP contribution is -2.46. The molecule has 0 atom stereocenters. The van der Waals surface area contributed by atoms with E-state index in [1.807, 2.05) is 0 Å². The fourth-order valence-electron chi connectivity index (χ4n) is 3.26. The highest BCUT2D eigenvalue weighted by Crippen LogP contribution is 2.27. The number of hydrogen-bond acceptors (Lipinski definition) is 5. The second kappa shape index (κ2) is 7.13. The van der Waals surface area contributed by atoms with Crippen LogP contribution in [0, 0.1) is 11.6 Å². The van der Waals surface area contributed by atoms with Gasteiger partial charge in [0.1, 0.15) is 23.1 Å². The minimum atomic E-state index is -0.682. The molecule has 4 rings (SSSR count). The molecule has 8 heteroatoms. The van der Waals surface area contributed by atoms with E-state index in [2.05, 4.69) is 9.88 Å². The maximum Gasteiger partial charge on any atom is 0.237 e. The summed E-state index contributed by atoms with van der Waals surface area (Å²) in [5.74, 6) is -0.480. The van der Waals surface area contributed by atoms with E-state index in [-0.39, 0.29) is 17.4 Å². The Kier molecular flexibility index (Phi) is 4.69. The molecular formula is C18H19F2N3O3. The molecule has 1 aromatic heterocycles. The standard InChI is InChI=1S/C18H19F2N3O3/c19-13-7-12(8-14(20)9-13)18-21-15-10-23(2-1-16(15)26-18)17(24)11-22-3-5-25-6-4-22/h7-9H,1-6,10-11H2. The third kappa shape index (κ3) is 3.61. The first-order valence-corrected chi connectivity index (χ1v) is 8.61. The van der Waals surface area contributed by atoms with Crippen molar-refractivity contribution in [1.29, 1.82) is 0 Å². The Bertz CT molecular complexity index is 798. The van der Waals surface area contributed by atoms with Gasteiger partial charge in [-0.25, -0.2) is 13.8 Å². The van der Waals surface area contributed by atoms with Crippen LogP contribution in [0.1, 0.15) is 11.5 Å². The molecule has 0 bridgehead atoms. The Hall–Kier alpha value is -2.32. The van der Waals surface area contributed by atoms with Crippen molar-refractivity contribution in [3.63, 3.8) is 0 Å². The van der Waals surface area contributed by atoms with E-state index in [1.165, 1.54) is 12.1 Å². The predicted octanol–water partition coefficient (Wildman–Crippen LogP) is 1.84. The Morgan fingerprint density at radius 2 is 1.85 bits per heavy atom. The van der Waals surface area contributed by atoms with Gasteiger partial charge in [0.25, 0.3) is 0 Å². The summed E-state index contributed by atoms with van der Waals surface area (Å²) >= 11 is 0. The van der Waals surface area contributed by atoms with E-state index in [1.54, 1.807) is 4.90 Å². The number of carbonyl (C=O) groups excluding carboxylic acids is 1. The van der Waals surface area contributed by atoms with Gasteiger partial charge in [-0.05, 0) is 12.1 Å². The van der Waals surface area contributed by atoms with Crippen LogP contribution in [0.4, 0.5) is 8.78 Å². The monoisotopic (exact) mass is 363 g/mol. The molecule has 0 aliphatic carbocycles. The van der Waals surface area contributed by atoms with Gasteiger partial charge in [0.15, 0.2) is 0 Å². The number of aromatic nitrogens is 1. The third-order valence-electron chi connectivity index (χ3n) is 4.65. The first kappa shape index (κ1) is 17.1. The quantitative estimate of drug-likeness (QED) is 0.833. The fraction of sp³-hybridized carbons (Fsp3) is 0.444. The number of fused-ring (bicyclic) bond motifs is 1. The first-order chi connectivity index (χ1) is 12.6. The number of morpholine rings is 1. The molecule has 2 aliphatic rings. The van der Waals surface area contributed by atoms with Gasteiger partial charge in [-0.1, -0.05) is 0 Å². The molecule has 0 N–H and O–H groups in total. The van der Waals surface area contributed by atoms with Crippen LogP contribution in [0.5, 0.6) is 0 Å². The van der Waals surface area contributed by atoms with E-state index in [0.717, 1.165) is 19.2 Å².